The zero-order valence-corrected chi connectivity index (χ0v) is 12.6. The van der Waals surface area contributed by atoms with Crippen LogP contribution < -0.4 is 0 Å². The minimum absolute atomic E-state index is 0.153. The summed E-state index contributed by atoms with van der Waals surface area (Å²) in [6.07, 6.45) is 3.34. The van der Waals surface area contributed by atoms with E-state index in [0.29, 0.717) is 13.0 Å². The van der Waals surface area contributed by atoms with E-state index >= 15 is 0 Å². The van der Waals surface area contributed by atoms with E-state index in [9.17, 15) is 9.59 Å². The quantitative estimate of drug-likeness (QED) is 0.850. The molecular formula is C15H20N2O2S. The number of amides is 2. The molecule has 0 saturated carbocycles. The maximum Gasteiger partial charge on any atom is 0.246 e. The summed E-state index contributed by atoms with van der Waals surface area (Å²) in [6, 6.07) is 3.67. The van der Waals surface area contributed by atoms with Gasteiger partial charge in [-0.1, -0.05) is 13.0 Å². The molecule has 2 atom stereocenters. The van der Waals surface area contributed by atoms with Crippen molar-refractivity contribution in [2.45, 2.75) is 44.7 Å². The number of piperazine rings is 1. The van der Waals surface area contributed by atoms with Crippen molar-refractivity contribution in [3.63, 3.8) is 0 Å². The van der Waals surface area contributed by atoms with Gasteiger partial charge in [0.05, 0.1) is 0 Å². The van der Waals surface area contributed by atoms with E-state index in [1.165, 1.54) is 4.88 Å². The Balaban J connectivity index is 1.76. The lowest BCUT2D eigenvalue weighted by Gasteiger charge is -2.42. The van der Waals surface area contributed by atoms with Crippen molar-refractivity contribution in [2.24, 2.45) is 0 Å². The Kier molecular flexibility index (Phi) is 3.78. The van der Waals surface area contributed by atoms with Crippen molar-refractivity contribution in [2.75, 3.05) is 13.1 Å². The minimum Gasteiger partial charge on any atom is -0.329 e. The Morgan fingerprint density at radius 3 is 2.90 bits per heavy atom. The Labute approximate surface area is 123 Å². The Morgan fingerprint density at radius 1 is 1.35 bits per heavy atom. The molecule has 2 aliphatic rings. The SMILES string of the molecule is CCC1C(=O)N2CCCC2C(=O)N1CCc1cccs1. The molecule has 0 aliphatic carbocycles. The monoisotopic (exact) mass is 292 g/mol. The Morgan fingerprint density at radius 2 is 2.20 bits per heavy atom. The maximum absolute atomic E-state index is 12.6. The van der Waals surface area contributed by atoms with Gasteiger partial charge in [0, 0.05) is 18.0 Å². The number of fused-ring (bicyclic) bond motifs is 1. The van der Waals surface area contributed by atoms with Crippen LogP contribution in [0.15, 0.2) is 17.5 Å². The van der Waals surface area contributed by atoms with E-state index in [0.717, 1.165) is 25.8 Å². The van der Waals surface area contributed by atoms with E-state index in [4.69, 9.17) is 0 Å². The number of carbonyl (C=O) groups excluding carboxylic acids is 2. The van der Waals surface area contributed by atoms with Crippen LogP contribution in [0.1, 0.15) is 31.1 Å². The van der Waals surface area contributed by atoms with Gasteiger partial charge in [-0.3, -0.25) is 9.59 Å². The first-order valence-corrected chi connectivity index (χ1v) is 8.23. The number of carbonyl (C=O) groups is 2. The molecule has 1 aromatic heterocycles. The topological polar surface area (TPSA) is 40.6 Å². The van der Waals surface area contributed by atoms with Crippen molar-refractivity contribution >= 4 is 23.2 Å². The van der Waals surface area contributed by atoms with Gasteiger partial charge in [-0.25, -0.2) is 0 Å². The van der Waals surface area contributed by atoms with Crippen molar-refractivity contribution in [3.05, 3.63) is 22.4 Å². The third kappa shape index (κ3) is 2.24. The van der Waals surface area contributed by atoms with Gasteiger partial charge in [0.1, 0.15) is 12.1 Å². The second-order valence-corrected chi connectivity index (χ2v) is 6.51. The fourth-order valence-corrected chi connectivity index (χ4v) is 4.00. The average molecular weight is 292 g/mol. The zero-order chi connectivity index (χ0) is 14.1. The number of hydrogen-bond acceptors (Lipinski definition) is 3. The highest BCUT2D eigenvalue weighted by Crippen LogP contribution is 2.28. The predicted molar refractivity (Wildman–Crippen MR) is 78.6 cm³/mol. The highest BCUT2D eigenvalue weighted by molar-refractivity contribution is 7.09. The lowest BCUT2D eigenvalue weighted by Crippen LogP contribution is -2.62. The number of thiophene rings is 1. The fraction of sp³-hybridized carbons (Fsp3) is 0.600. The highest BCUT2D eigenvalue weighted by Gasteiger charge is 2.46. The van der Waals surface area contributed by atoms with Gasteiger partial charge in [-0.2, -0.15) is 0 Å². The van der Waals surface area contributed by atoms with Crippen LogP contribution in [0, 0.1) is 0 Å². The Bertz CT molecular complexity index is 500. The van der Waals surface area contributed by atoms with Crippen molar-refractivity contribution in [1.82, 2.24) is 9.80 Å². The summed E-state index contributed by atoms with van der Waals surface area (Å²) in [6.45, 7) is 3.41. The summed E-state index contributed by atoms with van der Waals surface area (Å²) in [4.78, 5) is 30.0. The summed E-state index contributed by atoms with van der Waals surface area (Å²) in [5.41, 5.74) is 0. The normalized spacial score (nSPS) is 26.2. The summed E-state index contributed by atoms with van der Waals surface area (Å²) in [7, 11) is 0. The number of nitrogens with zero attached hydrogens (tertiary/aromatic N) is 2. The van der Waals surface area contributed by atoms with E-state index in [-0.39, 0.29) is 23.9 Å². The molecule has 0 N–H and O–H groups in total. The average Bonchev–Trinajstić information content (AvgIpc) is 3.11. The summed E-state index contributed by atoms with van der Waals surface area (Å²) in [5.74, 6) is 0.311. The molecule has 2 fully saturated rings. The van der Waals surface area contributed by atoms with E-state index in [2.05, 4.69) is 11.4 Å². The summed E-state index contributed by atoms with van der Waals surface area (Å²) in [5, 5.41) is 2.05. The van der Waals surface area contributed by atoms with Gasteiger partial charge in [0.2, 0.25) is 11.8 Å². The molecule has 4 nitrogen and oxygen atoms in total. The van der Waals surface area contributed by atoms with Crippen LogP contribution in [0.25, 0.3) is 0 Å². The van der Waals surface area contributed by atoms with E-state index in [1.807, 2.05) is 17.9 Å². The van der Waals surface area contributed by atoms with Crippen LogP contribution >= 0.6 is 11.3 Å². The lowest BCUT2D eigenvalue weighted by atomic mass is 10.0. The second-order valence-electron chi connectivity index (χ2n) is 5.47. The minimum atomic E-state index is -0.253. The third-order valence-electron chi connectivity index (χ3n) is 4.33. The molecule has 3 rings (SSSR count). The first kappa shape index (κ1) is 13.6. The molecule has 20 heavy (non-hydrogen) atoms. The maximum atomic E-state index is 12.6. The predicted octanol–water partition coefficient (Wildman–Crippen LogP) is 1.90. The molecule has 3 heterocycles. The van der Waals surface area contributed by atoms with Crippen LogP contribution in [0.5, 0.6) is 0 Å². The molecular weight excluding hydrogens is 272 g/mol. The zero-order valence-electron chi connectivity index (χ0n) is 11.7. The van der Waals surface area contributed by atoms with Gasteiger partial charge in [0.25, 0.3) is 0 Å². The molecule has 108 valence electrons. The summed E-state index contributed by atoms with van der Waals surface area (Å²) >= 11 is 1.71. The van der Waals surface area contributed by atoms with Crippen LogP contribution in [-0.4, -0.2) is 46.8 Å². The molecule has 2 aliphatic heterocycles. The van der Waals surface area contributed by atoms with Crippen LogP contribution in [-0.2, 0) is 16.0 Å². The van der Waals surface area contributed by atoms with Crippen molar-refractivity contribution < 1.29 is 9.59 Å². The van der Waals surface area contributed by atoms with Gasteiger partial charge in [-0.05, 0) is 37.1 Å². The van der Waals surface area contributed by atoms with E-state index < -0.39 is 0 Å². The van der Waals surface area contributed by atoms with Crippen LogP contribution in [0.2, 0.25) is 0 Å². The molecule has 1 aromatic rings. The lowest BCUT2D eigenvalue weighted by molar-refractivity contribution is -0.159. The van der Waals surface area contributed by atoms with Crippen molar-refractivity contribution in [3.8, 4) is 0 Å². The molecule has 2 saturated heterocycles. The number of rotatable bonds is 4. The molecule has 0 aromatic carbocycles. The first-order valence-electron chi connectivity index (χ1n) is 7.35. The largest absolute Gasteiger partial charge is 0.329 e. The van der Waals surface area contributed by atoms with Gasteiger partial charge in [0.15, 0.2) is 0 Å². The van der Waals surface area contributed by atoms with Crippen molar-refractivity contribution in [1.29, 1.82) is 0 Å². The molecule has 2 unspecified atom stereocenters. The molecule has 0 radical (unpaired) electrons. The standard InChI is InChI=1S/C15H20N2O2S/c1-2-12-14(18)16-8-3-6-13(16)15(19)17(12)9-7-11-5-4-10-20-11/h4-5,10,12-13H,2-3,6-9H2,1H3. The van der Waals surface area contributed by atoms with Crippen LogP contribution in [0.3, 0.4) is 0 Å². The van der Waals surface area contributed by atoms with Gasteiger partial charge >= 0.3 is 0 Å². The van der Waals surface area contributed by atoms with Gasteiger partial charge < -0.3 is 9.80 Å². The highest BCUT2D eigenvalue weighted by atomic mass is 32.1. The first-order chi connectivity index (χ1) is 9.72. The van der Waals surface area contributed by atoms with Crippen LogP contribution in [0.4, 0.5) is 0 Å². The van der Waals surface area contributed by atoms with E-state index in [1.54, 1.807) is 16.2 Å². The third-order valence-corrected chi connectivity index (χ3v) is 5.27. The molecule has 2 amide bonds. The molecule has 5 heteroatoms. The second kappa shape index (κ2) is 5.56. The van der Waals surface area contributed by atoms with Gasteiger partial charge in [-0.15, -0.1) is 11.3 Å². The number of hydrogen-bond donors (Lipinski definition) is 0. The molecule has 0 bridgehead atoms. The smallest absolute Gasteiger partial charge is 0.246 e. The Hall–Kier alpha value is -1.36. The fourth-order valence-electron chi connectivity index (χ4n) is 3.30. The molecule has 0 spiro atoms. The summed E-state index contributed by atoms with van der Waals surface area (Å²) < 4.78 is 0.